The topological polar surface area (TPSA) is 110 Å². The van der Waals surface area contributed by atoms with E-state index in [1.165, 1.54) is 21.3 Å². The summed E-state index contributed by atoms with van der Waals surface area (Å²) in [5.41, 5.74) is -1.03. The molecular formula is C32H41F3N6O4S. The van der Waals surface area contributed by atoms with Gasteiger partial charge in [0.2, 0.25) is 0 Å². The molecule has 2 saturated heterocycles. The van der Waals surface area contributed by atoms with Crippen molar-refractivity contribution in [2.75, 3.05) is 47.9 Å². The van der Waals surface area contributed by atoms with E-state index < -0.39 is 44.8 Å². The number of benzene rings is 1. The normalized spacial score (nSPS) is 26.7. The number of hydrogen-bond donors (Lipinski definition) is 1. The Hall–Kier alpha value is -3.39. The summed E-state index contributed by atoms with van der Waals surface area (Å²) in [6.07, 6.45) is 2.74. The number of aryl methyl sites for hydroxylation is 2. The number of piperidine rings is 1. The molecular weight excluding hydrogens is 621 g/mol. The van der Waals surface area contributed by atoms with E-state index >= 15 is 13.2 Å². The third-order valence-corrected chi connectivity index (χ3v) is 11.7. The number of sulfone groups is 1. The molecule has 0 amide bonds. The van der Waals surface area contributed by atoms with Crippen LogP contribution in [0, 0.1) is 11.7 Å². The zero-order valence-electron chi connectivity index (χ0n) is 26.4. The number of aromatic nitrogens is 3. The molecule has 2 aromatic heterocycles. The maximum Gasteiger partial charge on any atom is 0.351 e. The number of alkyl halides is 2. The van der Waals surface area contributed by atoms with Gasteiger partial charge in [-0.3, -0.25) is 13.9 Å². The van der Waals surface area contributed by atoms with Gasteiger partial charge in [-0.2, -0.15) is 4.98 Å². The predicted octanol–water partition coefficient (Wildman–Crippen LogP) is 4.02. The summed E-state index contributed by atoms with van der Waals surface area (Å²) in [7, 11) is -1.65. The highest BCUT2D eigenvalue weighted by Crippen LogP contribution is 2.44. The number of hydrogen-bond acceptors (Lipinski definition) is 8. The Morgan fingerprint density at radius 3 is 2.37 bits per heavy atom. The first-order valence-electron chi connectivity index (χ1n) is 16.1. The summed E-state index contributed by atoms with van der Waals surface area (Å²) in [5, 5.41) is 3.50. The number of nitrogens with one attached hydrogen (secondary N) is 1. The lowest BCUT2D eigenvalue weighted by atomic mass is 9.84. The number of pyridine rings is 1. The molecule has 6 aliphatic heterocycles. The Labute approximate surface area is 266 Å². The molecule has 250 valence electrons. The van der Waals surface area contributed by atoms with Crippen LogP contribution >= 0.6 is 0 Å². The first kappa shape index (κ1) is 32.5. The Bertz CT molecular complexity index is 1860. The van der Waals surface area contributed by atoms with E-state index in [4.69, 9.17) is 0 Å². The average molecular weight is 663 g/mol. The third kappa shape index (κ3) is 5.94. The smallest absolute Gasteiger partial charge is 0.351 e. The summed E-state index contributed by atoms with van der Waals surface area (Å²) in [4.78, 5) is 35.5. The highest BCUT2D eigenvalue weighted by Gasteiger charge is 2.45. The molecule has 0 radical (unpaired) electrons. The Balaban J connectivity index is 1.49. The van der Waals surface area contributed by atoms with Crippen molar-refractivity contribution in [1.29, 1.82) is 0 Å². The Morgan fingerprint density at radius 1 is 0.978 bits per heavy atom. The first-order chi connectivity index (χ1) is 21.8. The van der Waals surface area contributed by atoms with Crippen LogP contribution in [0.1, 0.15) is 63.1 Å². The molecule has 3 aromatic rings. The highest BCUT2D eigenvalue weighted by atomic mass is 32.2. The van der Waals surface area contributed by atoms with Crippen molar-refractivity contribution in [2.45, 2.75) is 70.5 Å². The van der Waals surface area contributed by atoms with Crippen molar-refractivity contribution in [2.24, 2.45) is 13.0 Å². The molecule has 1 aromatic carbocycles. The molecule has 2 atom stereocenters. The largest absolute Gasteiger partial charge is 0.365 e. The van der Waals surface area contributed by atoms with Gasteiger partial charge in [0.25, 0.3) is 11.5 Å². The molecule has 1 N–H and O–H groups in total. The van der Waals surface area contributed by atoms with Crippen molar-refractivity contribution < 1.29 is 21.6 Å². The quantitative estimate of drug-likeness (QED) is 0.417. The van der Waals surface area contributed by atoms with Gasteiger partial charge in [0.15, 0.2) is 9.84 Å². The van der Waals surface area contributed by atoms with Gasteiger partial charge in [0.05, 0.1) is 28.5 Å². The summed E-state index contributed by atoms with van der Waals surface area (Å²) in [6, 6.07) is 4.90. The summed E-state index contributed by atoms with van der Waals surface area (Å²) in [5.74, 6) is -5.44. The predicted molar refractivity (Wildman–Crippen MR) is 172 cm³/mol. The maximum absolute atomic E-state index is 16.0. The molecule has 10 nitrogen and oxygen atoms in total. The molecule has 1 unspecified atom stereocenters. The van der Waals surface area contributed by atoms with E-state index in [-0.39, 0.29) is 66.1 Å². The zero-order chi connectivity index (χ0) is 33.0. The number of halogens is 3. The first-order valence-corrected chi connectivity index (χ1v) is 17.9. The van der Waals surface area contributed by atoms with Crippen LogP contribution in [0.25, 0.3) is 11.0 Å². The van der Waals surface area contributed by atoms with Crippen LogP contribution in [0.3, 0.4) is 0 Å². The number of nitrogens with zero attached hydrogens (tertiary/aromatic N) is 5. The molecule has 14 heteroatoms. The molecule has 46 heavy (non-hydrogen) atoms. The van der Waals surface area contributed by atoms with Crippen LogP contribution in [0.4, 0.5) is 24.7 Å². The molecule has 6 bridgehead atoms. The van der Waals surface area contributed by atoms with Gasteiger partial charge in [0, 0.05) is 44.2 Å². The van der Waals surface area contributed by atoms with E-state index in [0.717, 1.165) is 18.9 Å². The fraction of sp³-hybridized carbons (Fsp3) is 0.594. The van der Waals surface area contributed by atoms with Crippen LogP contribution in [0.2, 0.25) is 0 Å². The van der Waals surface area contributed by atoms with Gasteiger partial charge in [-0.05, 0) is 58.7 Å². The summed E-state index contributed by atoms with van der Waals surface area (Å²) < 4.78 is 74.9. The Kier molecular flexibility index (Phi) is 8.72. The second-order valence-electron chi connectivity index (χ2n) is 13.0. The minimum absolute atomic E-state index is 0.00607. The second kappa shape index (κ2) is 12.3. The fourth-order valence-electron chi connectivity index (χ4n) is 7.25. The lowest BCUT2D eigenvalue weighted by molar-refractivity contribution is -0.0907. The summed E-state index contributed by atoms with van der Waals surface area (Å²) in [6.45, 7) is 5.28. The monoisotopic (exact) mass is 662 g/mol. The maximum atomic E-state index is 16.0. The van der Waals surface area contributed by atoms with Gasteiger partial charge in [-0.15, -0.1) is 0 Å². The standard InChI is InChI=1S/C32H41F3N6O4S/c1-20-7-4-5-12-41-29-24(19-26(30(42)38(29)3)40-15-17-46(44,45)18-16-40)28(37-31(41)43)36-21(2)23-8-6-9-25(27(23)33)32(34,35)22-10-13-39(20)14-11-22/h6,8-9,19-22H,4-5,7,10-18H2,1-3H3,(H,36,37,43)/t20?,21-/m1/s1. The molecule has 0 aliphatic carbocycles. The van der Waals surface area contributed by atoms with Crippen LogP contribution in [-0.2, 0) is 29.4 Å². The van der Waals surface area contributed by atoms with Crippen LogP contribution in [-0.4, -0.2) is 71.2 Å². The molecule has 9 rings (SSSR count). The molecule has 0 saturated carbocycles. The zero-order valence-corrected chi connectivity index (χ0v) is 27.3. The van der Waals surface area contributed by atoms with Gasteiger partial charge in [-0.1, -0.05) is 24.6 Å². The summed E-state index contributed by atoms with van der Waals surface area (Å²) >= 11 is 0. The van der Waals surface area contributed by atoms with Crippen LogP contribution < -0.4 is 21.5 Å². The van der Waals surface area contributed by atoms with E-state index in [2.05, 4.69) is 22.1 Å². The van der Waals surface area contributed by atoms with E-state index in [9.17, 15) is 18.0 Å². The molecule has 8 heterocycles. The second-order valence-corrected chi connectivity index (χ2v) is 15.3. The lowest BCUT2D eigenvalue weighted by Crippen LogP contribution is -2.43. The highest BCUT2D eigenvalue weighted by molar-refractivity contribution is 7.91. The number of anilines is 2. The van der Waals surface area contributed by atoms with Crippen molar-refractivity contribution in [3.63, 3.8) is 0 Å². The SMILES string of the molecule is CC1CCCCn2c(=O)nc(c3cc(N4CCS(=O)(=O)CC4)c(=O)n(C)c32)N[C@H](C)c2cccc(c2F)C(F)(F)C2CCN1CC2. The van der Waals surface area contributed by atoms with Crippen molar-refractivity contribution in [1.82, 2.24) is 19.0 Å². The minimum Gasteiger partial charge on any atom is -0.365 e. The van der Waals surface area contributed by atoms with E-state index in [1.807, 2.05) is 0 Å². The van der Waals surface area contributed by atoms with E-state index in [0.29, 0.717) is 37.1 Å². The number of rotatable bonds is 1. The fourth-order valence-corrected chi connectivity index (χ4v) is 8.45. The van der Waals surface area contributed by atoms with Gasteiger partial charge < -0.3 is 15.1 Å². The third-order valence-electron chi connectivity index (χ3n) is 10.1. The molecule has 6 aliphatic rings. The minimum atomic E-state index is -3.36. The lowest BCUT2D eigenvalue weighted by Gasteiger charge is -2.39. The Morgan fingerprint density at radius 2 is 1.67 bits per heavy atom. The van der Waals surface area contributed by atoms with Crippen molar-refractivity contribution in [3.05, 3.63) is 62.0 Å². The van der Waals surface area contributed by atoms with Crippen LogP contribution in [0.5, 0.6) is 0 Å². The molecule has 0 spiro atoms. The van der Waals surface area contributed by atoms with Gasteiger partial charge in [-0.25, -0.2) is 26.4 Å². The van der Waals surface area contributed by atoms with Crippen LogP contribution in [0.15, 0.2) is 33.9 Å². The van der Waals surface area contributed by atoms with E-state index in [1.54, 1.807) is 24.9 Å². The van der Waals surface area contributed by atoms with Gasteiger partial charge in [0.1, 0.15) is 23.0 Å². The molecule has 2 fully saturated rings. The van der Waals surface area contributed by atoms with Crippen molar-refractivity contribution in [3.8, 4) is 0 Å². The van der Waals surface area contributed by atoms with Crippen molar-refractivity contribution >= 4 is 32.4 Å². The average Bonchev–Trinajstić information content (AvgIpc) is 3.01. The van der Waals surface area contributed by atoms with Gasteiger partial charge >= 0.3 is 5.69 Å².